The summed E-state index contributed by atoms with van der Waals surface area (Å²) in [5, 5.41) is 10.2. The standard InChI is InChI=1S/C19H17NO3S2/c1-23-15-9-5-8-14(17(15)21)12-16-18(22)20(19(24)25-16)11-10-13-6-3-2-4-7-13/h2-9,12,21H,10-11H2,1H3/b16-12+. The lowest BCUT2D eigenvalue weighted by Gasteiger charge is -2.14. The molecule has 1 amide bonds. The highest BCUT2D eigenvalue weighted by atomic mass is 32.2. The average molecular weight is 371 g/mol. The number of hydrogen-bond donors (Lipinski definition) is 1. The number of phenols is 1. The van der Waals surface area contributed by atoms with Gasteiger partial charge in [0.15, 0.2) is 11.5 Å². The topological polar surface area (TPSA) is 49.8 Å². The molecule has 1 N–H and O–H groups in total. The minimum absolute atomic E-state index is 0.0135. The van der Waals surface area contributed by atoms with Crippen molar-refractivity contribution in [2.24, 2.45) is 0 Å². The molecule has 1 aliphatic heterocycles. The van der Waals surface area contributed by atoms with Crippen molar-refractivity contribution in [3.05, 3.63) is 64.6 Å². The molecular weight excluding hydrogens is 354 g/mol. The van der Waals surface area contributed by atoms with E-state index in [9.17, 15) is 9.90 Å². The van der Waals surface area contributed by atoms with Gasteiger partial charge in [-0.15, -0.1) is 0 Å². The van der Waals surface area contributed by atoms with E-state index >= 15 is 0 Å². The number of phenolic OH excluding ortho intramolecular Hbond substituents is 1. The third-order valence-corrected chi connectivity index (χ3v) is 5.26. The van der Waals surface area contributed by atoms with E-state index in [1.165, 1.54) is 18.9 Å². The lowest BCUT2D eigenvalue weighted by molar-refractivity contribution is -0.122. The number of rotatable bonds is 5. The van der Waals surface area contributed by atoms with Crippen molar-refractivity contribution >= 4 is 40.3 Å². The molecule has 1 fully saturated rings. The molecule has 0 atom stereocenters. The number of carbonyl (C=O) groups is 1. The molecule has 0 radical (unpaired) electrons. The van der Waals surface area contributed by atoms with Crippen molar-refractivity contribution in [1.29, 1.82) is 0 Å². The second-order valence-corrected chi connectivity index (χ2v) is 7.14. The Morgan fingerprint density at radius 2 is 1.96 bits per heavy atom. The Morgan fingerprint density at radius 1 is 1.20 bits per heavy atom. The molecule has 6 heteroatoms. The Kier molecular flexibility index (Phi) is 5.40. The molecule has 25 heavy (non-hydrogen) atoms. The molecule has 1 aliphatic rings. The number of thioether (sulfide) groups is 1. The van der Waals surface area contributed by atoms with Gasteiger partial charge in [0.1, 0.15) is 4.32 Å². The minimum atomic E-state index is -0.131. The number of para-hydroxylation sites is 1. The number of thiocarbonyl (C=S) groups is 1. The lowest BCUT2D eigenvalue weighted by Crippen LogP contribution is -2.30. The van der Waals surface area contributed by atoms with Crippen LogP contribution in [0.3, 0.4) is 0 Å². The molecule has 2 aromatic rings. The van der Waals surface area contributed by atoms with E-state index in [-0.39, 0.29) is 11.7 Å². The number of hydrogen-bond acceptors (Lipinski definition) is 5. The summed E-state index contributed by atoms with van der Waals surface area (Å²) in [6.07, 6.45) is 2.39. The fraction of sp³-hybridized carbons (Fsp3) is 0.158. The Morgan fingerprint density at radius 3 is 2.68 bits per heavy atom. The third-order valence-electron chi connectivity index (χ3n) is 3.88. The van der Waals surface area contributed by atoms with E-state index in [1.54, 1.807) is 29.2 Å². The third kappa shape index (κ3) is 3.86. The van der Waals surface area contributed by atoms with Gasteiger partial charge in [0.25, 0.3) is 5.91 Å². The summed E-state index contributed by atoms with van der Waals surface area (Å²) in [6, 6.07) is 15.1. The molecule has 1 saturated heterocycles. The molecule has 0 spiro atoms. The predicted octanol–water partition coefficient (Wildman–Crippen LogP) is 3.84. The van der Waals surface area contributed by atoms with Crippen LogP contribution in [0.25, 0.3) is 6.08 Å². The Balaban J connectivity index is 1.77. The summed E-state index contributed by atoms with van der Waals surface area (Å²) in [4.78, 5) is 14.8. The van der Waals surface area contributed by atoms with Crippen LogP contribution < -0.4 is 4.74 Å². The second-order valence-electron chi connectivity index (χ2n) is 5.47. The van der Waals surface area contributed by atoms with Crippen molar-refractivity contribution in [2.75, 3.05) is 13.7 Å². The van der Waals surface area contributed by atoms with Crippen LogP contribution in [-0.2, 0) is 11.2 Å². The van der Waals surface area contributed by atoms with Gasteiger partial charge in [-0.3, -0.25) is 9.69 Å². The molecule has 1 heterocycles. The zero-order chi connectivity index (χ0) is 17.8. The summed E-state index contributed by atoms with van der Waals surface area (Å²) < 4.78 is 5.64. The van der Waals surface area contributed by atoms with Gasteiger partial charge in [0, 0.05) is 12.1 Å². The van der Waals surface area contributed by atoms with Gasteiger partial charge in [-0.2, -0.15) is 0 Å². The van der Waals surface area contributed by atoms with Gasteiger partial charge in [0.05, 0.1) is 12.0 Å². The fourth-order valence-corrected chi connectivity index (χ4v) is 3.84. The van der Waals surface area contributed by atoms with E-state index < -0.39 is 0 Å². The molecule has 2 aromatic carbocycles. The van der Waals surface area contributed by atoms with Gasteiger partial charge in [-0.05, 0) is 24.1 Å². The first-order valence-electron chi connectivity index (χ1n) is 7.75. The van der Waals surface area contributed by atoms with Gasteiger partial charge in [0.2, 0.25) is 0 Å². The molecule has 0 bridgehead atoms. The van der Waals surface area contributed by atoms with Gasteiger partial charge < -0.3 is 9.84 Å². The summed E-state index contributed by atoms with van der Waals surface area (Å²) in [6.45, 7) is 0.538. The number of benzene rings is 2. The number of amides is 1. The summed E-state index contributed by atoms with van der Waals surface area (Å²) in [5.74, 6) is 0.251. The Hall–Kier alpha value is -2.31. The first-order valence-corrected chi connectivity index (χ1v) is 8.98. The molecule has 0 aliphatic carbocycles. The minimum Gasteiger partial charge on any atom is -0.504 e. The van der Waals surface area contributed by atoms with Crippen LogP contribution >= 0.6 is 24.0 Å². The highest BCUT2D eigenvalue weighted by molar-refractivity contribution is 8.26. The molecule has 0 unspecified atom stereocenters. The van der Waals surface area contributed by atoms with Gasteiger partial charge in [-0.1, -0.05) is 66.4 Å². The number of ether oxygens (including phenoxy) is 1. The van der Waals surface area contributed by atoms with Crippen LogP contribution in [0.1, 0.15) is 11.1 Å². The molecule has 0 saturated carbocycles. The monoisotopic (exact) mass is 371 g/mol. The van der Waals surface area contributed by atoms with Crippen molar-refractivity contribution in [2.45, 2.75) is 6.42 Å². The Labute approximate surface area is 156 Å². The van der Waals surface area contributed by atoms with Gasteiger partial charge >= 0.3 is 0 Å². The second kappa shape index (κ2) is 7.72. The van der Waals surface area contributed by atoms with Crippen LogP contribution in [0.2, 0.25) is 0 Å². The van der Waals surface area contributed by atoms with E-state index in [4.69, 9.17) is 17.0 Å². The van der Waals surface area contributed by atoms with Crippen LogP contribution in [-0.4, -0.2) is 33.9 Å². The fourth-order valence-electron chi connectivity index (χ4n) is 2.54. The maximum Gasteiger partial charge on any atom is 0.266 e. The molecular formula is C19H17NO3S2. The summed E-state index contributed by atoms with van der Waals surface area (Å²) in [5.41, 5.74) is 1.69. The SMILES string of the molecule is COc1cccc(/C=C2/SC(=S)N(CCc3ccccc3)C2=O)c1O. The van der Waals surface area contributed by atoms with Crippen LogP contribution in [0.15, 0.2) is 53.4 Å². The van der Waals surface area contributed by atoms with Crippen molar-refractivity contribution < 1.29 is 14.6 Å². The molecule has 128 valence electrons. The summed E-state index contributed by atoms with van der Waals surface area (Å²) >= 11 is 6.60. The normalized spacial score (nSPS) is 15.9. The van der Waals surface area contributed by atoms with Crippen molar-refractivity contribution in [3.63, 3.8) is 0 Å². The summed E-state index contributed by atoms with van der Waals surface area (Å²) in [7, 11) is 1.49. The molecule has 3 rings (SSSR count). The smallest absolute Gasteiger partial charge is 0.266 e. The lowest BCUT2D eigenvalue weighted by atomic mass is 10.1. The first-order chi connectivity index (χ1) is 12.1. The Bertz CT molecular complexity index is 834. The maximum absolute atomic E-state index is 12.6. The number of nitrogens with zero attached hydrogens (tertiary/aromatic N) is 1. The number of methoxy groups -OCH3 is 1. The van der Waals surface area contributed by atoms with E-state index in [2.05, 4.69) is 0 Å². The highest BCUT2D eigenvalue weighted by Crippen LogP contribution is 2.36. The van der Waals surface area contributed by atoms with Crippen LogP contribution in [0.5, 0.6) is 11.5 Å². The zero-order valence-corrected chi connectivity index (χ0v) is 15.3. The zero-order valence-electron chi connectivity index (χ0n) is 13.6. The predicted molar refractivity (Wildman–Crippen MR) is 105 cm³/mol. The molecule has 4 nitrogen and oxygen atoms in total. The largest absolute Gasteiger partial charge is 0.504 e. The number of aromatic hydroxyl groups is 1. The van der Waals surface area contributed by atoms with Gasteiger partial charge in [-0.25, -0.2) is 0 Å². The average Bonchev–Trinajstić information content (AvgIpc) is 2.89. The van der Waals surface area contributed by atoms with Crippen molar-refractivity contribution in [1.82, 2.24) is 4.90 Å². The quantitative estimate of drug-likeness (QED) is 0.639. The first kappa shape index (κ1) is 17.5. The van der Waals surface area contributed by atoms with Crippen molar-refractivity contribution in [3.8, 4) is 11.5 Å². The van der Waals surface area contributed by atoms with Crippen LogP contribution in [0, 0.1) is 0 Å². The highest BCUT2D eigenvalue weighted by Gasteiger charge is 2.31. The van der Waals surface area contributed by atoms with E-state index in [1.807, 2.05) is 30.3 Å². The molecule has 0 aromatic heterocycles. The maximum atomic E-state index is 12.6. The van der Waals surface area contributed by atoms with Crippen LogP contribution in [0.4, 0.5) is 0 Å². The van der Waals surface area contributed by atoms with E-state index in [0.29, 0.717) is 27.1 Å². The van der Waals surface area contributed by atoms with E-state index in [0.717, 1.165) is 12.0 Å². The number of carbonyl (C=O) groups excluding carboxylic acids is 1.